The molecule has 20 heavy (non-hydrogen) atoms. The highest BCUT2D eigenvalue weighted by atomic mass is 16.4. The Morgan fingerprint density at radius 3 is 2.40 bits per heavy atom. The molecule has 0 spiro atoms. The molecule has 1 amide bonds. The maximum atomic E-state index is 11.0. The molecule has 2 unspecified atom stereocenters. The molecule has 0 radical (unpaired) electrons. The van der Waals surface area contributed by atoms with Crippen LogP contribution in [0.2, 0.25) is 0 Å². The number of carboxylic acids is 1. The average Bonchev–Trinajstić information content (AvgIpc) is 2.39. The second-order valence-electron chi connectivity index (χ2n) is 5.06. The first kappa shape index (κ1) is 14.6. The number of amides is 1. The lowest BCUT2D eigenvalue weighted by Crippen LogP contribution is -2.31. The fourth-order valence-corrected chi connectivity index (χ4v) is 2.13. The van der Waals surface area contributed by atoms with Gasteiger partial charge in [0, 0.05) is 20.7 Å². The predicted molar refractivity (Wildman–Crippen MR) is 78.6 cm³/mol. The third-order valence-corrected chi connectivity index (χ3v) is 3.00. The summed E-state index contributed by atoms with van der Waals surface area (Å²) in [6.45, 7) is 3.48. The van der Waals surface area contributed by atoms with Crippen molar-refractivity contribution in [2.24, 2.45) is 0 Å². The number of aryl methyl sites for hydroxylation is 1. The Morgan fingerprint density at radius 2 is 1.85 bits per heavy atom. The number of carbonyl (C=O) groups excluding carboxylic acids is 1. The molecule has 4 nitrogen and oxygen atoms in total. The third-order valence-electron chi connectivity index (χ3n) is 3.00. The number of rotatable bonds is 8. The van der Waals surface area contributed by atoms with Crippen molar-refractivity contribution in [3.8, 4) is 0 Å². The highest BCUT2D eigenvalue weighted by Gasteiger charge is 2.05. The van der Waals surface area contributed by atoms with Crippen LogP contribution in [0.5, 0.6) is 0 Å². The number of carbonyl (C=O) groups is 2. The minimum Gasteiger partial charge on any atom is -0.481 e. The van der Waals surface area contributed by atoms with Gasteiger partial charge in [0.25, 0.3) is 0 Å². The van der Waals surface area contributed by atoms with Crippen LogP contribution in [0.25, 0.3) is 0 Å². The summed E-state index contributed by atoms with van der Waals surface area (Å²) in [5.74, 6) is -1.08. The van der Waals surface area contributed by atoms with Crippen molar-refractivity contribution in [2.45, 2.75) is 52.0 Å². The van der Waals surface area contributed by atoms with E-state index in [-0.39, 0.29) is 11.9 Å². The summed E-state index contributed by atoms with van der Waals surface area (Å²) in [6.07, 6.45) is 1.61. The van der Waals surface area contributed by atoms with Gasteiger partial charge in [-0.05, 0) is 43.7 Å². The third kappa shape index (κ3) is 6.92. The van der Waals surface area contributed by atoms with Crippen LogP contribution in [0.1, 0.15) is 45.6 Å². The first-order valence-electron chi connectivity index (χ1n) is 7.46. The zero-order valence-corrected chi connectivity index (χ0v) is 12.1. The van der Waals surface area contributed by atoms with Gasteiger partial charge in [0.2, 0.25) is 5.91 Å². The Bertz CT molecular complexity index is 473. The highest BCUT2D eigenvalue weighted by Crippen LogP contribution is 2.10. The van der Waals surface area contributed by atoms with Crippen molar-refractivity contribution in [1.29, 1.82) is 0 Å². The van der Waals surface area contributed by atoms with E-state index >= 15 is 0 Å². The molecule has 1 aromatic carbocycles. The molecule has 2 atom stereocenters. The lowest BCUT2D eigenvalue weighted by molar-refractivity contribution is -0.137. The SMILES string of the molecule is [2H]C(CCCc1ccc(CC(C)NC(C)=O)cc1)C(=O)O. The second-order valence-corrected chi connectivity index (χ2v) is 5.06. The van der Waals surface area contributed by atoms with Crippen LogP contribution in [0.4, 0.5) is 0 Å². The summed E-state index contributed by atoms with van der Waals surface area (Å²) in [6, 6.07) is 8.21. The molecule has 0 aliphatic rings. The second kappa shape index (κ2) is 8.35. The van der Waals surface area contributed by atoms with Gasteiger partial charge in [-0.3, -0.25) is 9.59 Å². The molecule has 1 aromatic rings. The topological polar surface area (TPSA) is 66.4 Å². The minimum atomic E-state index is -1.06. The molecular formula is C16H23NO3. The summed E-state index contributed by atoms with van der Waals surface area (Å²) in [4.78, 5) is 21.5. The number of benzene rings is 1. The average molecular weight is 278 g/mol. The van der Waals surface area contributed by atoms with Gasteiger partial charge in [0.15, 0.2) is 0 Å². The van der Waals surface area contributed by atoms with Crippen molar-refractivity contribution in [3.63, 3.8) is 0 Å². The Hall–Kier alpha value is -1.84. The van der Waals surface area contributed by atoms with E-state index in [0.29, 0.717) is 12.8 Å². The number of nitrogens with one attached hydrogen (secondary N) is 1. The van der Waals surface area contributed by atoms with E-state index in [1.54, 1.807) is 0 Å². The van der Waals surface area contributed by atoms with Gasteiger partial charge in [-0.1, -0.05) is 24.3 Å². The standard InChI is InChI=1S/C16H23NO3/c1-12(17-13(2)18)11-15-9-7-14(8-10-15)5-3-4-6-16(19)20/h7-10,12H,3-6,11H2,1-2H3,(H,17,18)(H,19,20)/i6D. The maximum Gasteiger partial charge on any atom is 0.303 e. The highest BCUT2D eigenvalue weighted by molar-refractivity contribution is 5.73. The van der Waals surface area contributed by atoms with Crippen LogP contribution >= 0.6 is 0 Å². The monoisotopic (exact) mass is 278 g/mol. The molecular weight excluding hydrogens is 254 g/mol. The van der Waals surface area contributed by atoms with Crippen molar-refractivity contribution in [2.75, 3.05) is 0 Å². The Labute approximate surface area is 121 Å². The van der Waals surface area contributed by atoms with Crippen molar-refractivity contribution < 1.29 is 16.1 Å². The zero-order chi connectivity index (χ0) is 15.8. The largest absolute Gasteiger partial charge is 0.481 e. The summed E-state index contributed by atoms with van der Waals surface area (Å²) in [5.41, 5.74) is 2.30. The van der Waals surface area contributed by atoms with E-state index in [1.807, 2.05) is 31.2 Å². The van der Waals surface area contributed by atoms with Gasteiger partial charge in [-0.25, -0.2) is 0 Å². The molecule has 0 saturated carbocycles. The molecule has 0 heterocycles. The van der Waals surface area contributed by atoms with Gasteiger partial charge in [0.05, 0.1) is 0 Å². The summed E-state index contributed by atoms with van der Waals surface area (Å²) in [7, 11) is 0. The molecule has 110 valence electrons. The summed E-state index contributed by atoms with van der Waals surface area (Å²) >= 11 is 0. The van der Waals surface area contributed by atoms with Gasteiger partial charge >= 0.3 is 5.97 Å². The fraction of sp³-hybridized carbons (Fsp3) is 0.500. The fourth-order valence-electron chi connectivity index (χ4n) is 2.13. The number of hydrogen-bond acceptors (Lipinski definition) is 2. The van der Waals surface area contributed by atoms with E-state index < -0.39 is 12.4 Å². The van der Waals surface area contributed by atoms with E-state index in [2.05, 4.69) is 5.32 Å². The molecule has 0 aromatic heterocycles. The van der Waals surface area contributed by atoms with Crippen LogP contribution in [-0.4, -0.2) is 23.0 Å². The van der Waals surface area contributed by atoms with Crippen molar-refractivity contribution >= 4 is 11.9 Å². The lowest BCUT2D eigenvalue weighted by atomic mass is 10.0. The Balaban J connectivity index is 2.40. The smallest absolute Gasteiger partial charge is 0.303 e. The van der Waals surface area contributed by atoms with E-state index in [0.717, 1.165) is 24.0 Å². The Kier molecular flexibility index (Phi) is 6.08. The lowest BCUT2D eigenvalue weighted by Gasteiger charge is -2.12. The molecule has 1 rings (SSSR count). The van der Waals surface area contributed by atoms with Crippen LogP contribution in [-0.2, 0) is 22.4 Å². The number of carboxylic acid groups (broad SMARTS) is 1. The van der Waals surface area contributed by atoms with Crippen LogP contribution in [0, 0.1) is 0 Å². The quantitative estimate of drug-likeness (QED) is 0.768. The molecule has 0 bridgehead atoms. The zero-order valence-electron chi connectivity index (χ0n) is 13.1. The number of aliphatic carboxylic acids is 1. The van der Waals surface area contributed by atoms with Crippen LogP contribution in [0.15, 0.2) is 24.3 Å². The van der Waals surface area contributed by atoms with Gasteiger partial charge in [0.1, 0.15) is 0 Å². The molecule has 0 saturated heterocycles. The van der Waals surface area contributed by atoms with Gasteiger partial charge in [-0.2, -0.15) is 0 Å². The first-order valence-corrected chi connectivity index (χ1v) is 6.88. The Morgan fingerprint density at radius 1 is 1.25 bits per heavy atom. The van der Waals surface area contributed by atoms with Crippen LogP contribution in [0.3, 0.4) is 0 Å². The summed E-state index contributed by atoms with van der Waals surface area (Å²) < 4.78 is 7.33. The normalized spacial score (nSPS) is 14.2. The molecule has 0 aliphatic heterocycles. The minimum absolute atomic E-state index is 0.0255. The van der Waals surface area contributed by atoms with Crippen molar-refractivity contribution in [3.05, 3.63) is 35.4 Å². The number of hydrogen-bond donors (Lipinski definition) is 2. The first-order chi connectivity index (χ1) is 9.88. The van der Waals surface area contributed by atoms with E-state index in [1.165, 1.54) is 6.92 Å². The van der Waals surface area contributed by atoms with Crippen LogP contribution < -0.4 is 5.32 Å². The van der Waals surface area contributed by atoms with E-state index in [9.17, 15) is 9.59 Å². The predicted octanol–water partition coefficient (Wildman–Crippen LogP) is 2.55. The maximum absolute atomic E-state index is 11.0. The molecule has 4 heteroatoms. The molecule has 0 aliphatic carbocycles. The molecule has 2 N–H and O–H groups in total. The van der Waals surface area contributed by atoms with Crippen molar-refractivity contribution in [1.82, 2.24) is 5.32 Å². The van der Waals surface area contributed by atoms with Gasteiger partial charge < -0.3 is 10.4 Å². The summed E-state index contributed by atoms with van der Waals surface area (Å²) in [5, 5.41) is 11.5. The van der Waals surface area contributed by atoms with E-state index in [4.69, 9.17) is 6.48 Å². The van der Waals surface area contributed by atoms with Gasteiger partial charge in [-0.15, -0.1) is 0 Å². The molecule has 0 fully saturated rings.